The summed E-state index contributed by atoms with van der Waals surface area (Å²) in [7, 11) is 0. The molecule has 2 rings (SSSR count). The van der Waals surface area contributed by atoms with E-state index < -0.39 is 0 Å². The van der Waals surface area contributed by atoms with Crippen LogP contribution in [-0.4, -0.2) is 33.3 Å². The molecule has 0 atom stereocenters. The third-order valence-corrected chi connectivity index (χ3v) is 3.95. The monoisotopic (exact) mass is 327 g/mol. The molecule has 2 aromatic heterocycles. The van der Waals surface area contributed by atoms with Crippen molar-refractivity contribution in [1.82, 2.24) is 14.3 Å². The maximum Gasteiger partial charge on any atom is 0.272 e. The second-order valence-electron chi connectivity index (χ2n) is 4.98. The number of unbranched alkanes of at least 4 members (excludes halogenated alkanes) is 1. The Balaban J connectivity index is 2.50. The van der Waals surface area contributed by atoms with Gasteiger partial charge in [-0.05, 0) is 26.3 Å². The third-order valence-electron chi connectivity index (χ3n) is 3.47. The van der Waals surface area contributed by atoms with Gasteiger partial charge in [-0.2, -0.15) is 0 Å². The Labute approximate surface area is 134 Å². The second kappa shape index (κ2) is 6.67. The summed E-state index contributed by atoms with van der Waals surface area (Å²) < 4.78 is 1.69. The lowest BCUT2D eigenvalue weighted by molar-refractivity contribution is 0.0754. The van der Waals surface area contributed by atoms with Crippen LogP contribution in [0.1, 0.15) is 42.9 Å². The lowest BCUT2D eigenvalue weighted by Crippen LogP contribution is -2.33. The van der Waals surface area contributed by atoms with E-state index in [9.17, 15) is 4.79 Å². The molecule has 0 bridgehead atoms. The van der Waals surface area contributed by atoms with Crippen LogP contribution >= 0.6 is 23.2 Å². The maximum atomic E-state index is 12.8. The smallest absolute Gasteiger partial charge is 0.272 e. The van der Waals surface area contributed by atoms with Gasteiger partial charge in [0.05, 0.1) is 15.7 Å². The van der Waals surface area contributed by atoms with Gasteiger partial charge in [-0.3, -0.25) is 9.20 Å². The molecule has 2 aromatic rings. The largest absolute Gasteiger partial charge is 0.338 e. The zero-order chi connectivity index (χ0) is 15.6. The Morgan fingerprint density at radius 2 is 2.10 bits per heavy atom. The fourth-order valence-corrected chi connectivity index (χ4v) is 2.86. The Morgan fingerprint density at radius 3 is 2.71 bits per heavy atom. The standard InChI is InChI=1S/C15H19Cl2N3O/c1-4-6-7-19(5-2)15(21)13-10(3)18-14-12(17)8-11(16)9-20(13)14/h8-9H,4-7H2,1-3H3. The zero-order valence-corrected chi connectivity index (χ0v) is 14.0. The average Bonchev–Trinajstić information content (AvgIpc) is 2.76. The van der Waals surface area contributed by atoms with E-state index in [1.807, 2.05) is 18.7 Å². The molecule has 21 heavy (non-hydrogen) atoms. The number of carbonyl (C=O) groups excluding carboxylic acids is 1. The fraction of sp³-hybridized carbons (Fsp3) is 0.467. The molecule has 1 amide bonds. The summed E-state index contributed by atoms with van der Waals surface area (Å²) >= 11 is 12.2. The molecule has 4 nitrogen and oxygen atoms in total. The van der Waals surface area contributed by atoms with Crippen molar-refractivity contribution in [3.63, 3.8) is 0 Å². The number of nitrogens with zero attached hydrogens (tertiary/aromatic N) is 3. The van der Waals surface area contributed by atoms with E-state index in [2.05, 4.69) is 11.9 Å². The van der Waals surface area contributed by atoms with E-state index in [0.29, 0.717) is 33.6 Å². The first-order valence-corrected chi connectivity index (χ1v) is 7.88. The predicted molar refractivity (Wildman–Crippen MR) is 86.4 cm³/mol. The normalized spacial score (nSPS) is 11.1. The van der Waals surface area contributed by atoms with Crippen LogP contribution in [0.2, 0.25) is 10.0 Å². The van der Waals surface area contributed by atoms with E-state index in [1.54, 1.807) is 16.7 Å². The molecular weight excluding hydrogens is 309 g/mol. The fourth-order valence-electron chi connectivity index (χ4n) is 2.35. The summed E-state index contributed by atoms with van der Waals surface area (Å²) in [5, 5.41) is 0.928. The van der Waals surface area contributed by atoms with Crippen molar-refractivity contribution in [3.05, 3.63) is 33.7 Å². The molecule has 6 heteroatoms. The number of halogens is 2. The summed E-state index contributed by atoms with van der Waals surface area (Å²) in [4.78, 5) is 19.0. The molecule has 0 spiro atoms. The highest BCUT2D eigenvalue weighted by molar-refractivity contribution is 6.36. The highest BCUT2D eigenvalue weighted by Crippen LogP contribution is 2.25. The van der Waals surface area contributed by atoms with Crippen LogP contribution in [-0.2, 0) is 0 Å². The molecule has 0 aliphatic rings. The number of amides is 1. The molecule has 0 unspecified atom stereocenters. The molecule has 114 valence electrons. The van der Waals surface area contributed by atoms with Gasteiger partial charge < -0.3 is 4.90 Å². The van der Waals surface area contributed by atoms with Gasteiger partial charge in [-0.25, -0.2) is 4.98 Å². The Hall–Kier alpha value is -1.26. The Kier molecular flexibility index (Phi) is 5.12. The van der Waals surface area contributed by atoms with Crippen molar-refractivity contribution in [2.45, 2.75) is 33.6 Å². The number of hydrogen-bond acceptors (Lipinski definition) is 2. The van der Waals surface area contributed by atoms with Gasteiger partial charge >= 0.3 is 0 Å². The van der Waals surface area contributed by atoms with Gasteiger partial charge in [-0.15, -0.1) is 0 Å². The third kappa shape index (κ3) is 3.16. The van der Waals surface area contributed by atoms with Gasteiger partial charge in [0.15, 0.2) is 5.65 Å². The molecule has 0 radical (unpaired) electrons. The lowest BCUT2D eigenvalue weighted by atomic mass is 10.2. The van der Waals surface area contributed by atoms with Crippen LogP contribution < -0.4 is 0 Å². The van der Waals surface area contributed by atoms with Gasteiger partial charge in [0, 0.05) is 19.3 Å². The molecule has 0 saturated carbocycles. The molecule has 0 aliphatic carbocycles. The molecule has 2 heterocycles. The van der Waals surface area contributed by atoms with Gasteiger partial charge in [-0.1, -0.05) is 36.5 Å². The van der Waals surface area contributed by atoms with Crippen LogP contribution in [0.25, 0.3) is 5.65 Å². The summed E-state index contributed by atoms with van der Waals surface area (Å²) in [6.07, 6.45) is 3.72. The van der Waals surface area contributed by atoms with Crippen LogP contribution in [0.4, 0.5) is 0 Å². The van der Waals surface area contributed by atoms with Crippen LogP contribution in [0.5, 0.6) is 0 Å². The van der Waals surface area contributed by atoms with Crippen molar-refractivity contribution < 1.29 is 4.79 Å². The summed E-state index contributed by atoms with van der Waals surface area (Å²) in [5.41, 5.74) is 1.76. The first-order valence-electron chi connectivity index (χ1n) is 7.12. The number of aromatic nitrogens is 2. The molecule has 0 fully saturated rings. The average molecular weight is 328 g/mol. The number of pyridine rings is 1. The number of aryl methyl sites for hydroxylation is 1. The number of rotatable bonds is 5. The predicted octanol–water partition coefficient (Wildman–Crippen LogP) is 4.21. The van der Waals surface area contributed by atoms with E-state index in [-0.39, 0.29) is 5.91 Å². The van der Waals surface area contributed by atoms with E-state index in [0.717, 1.165) is 19.4 Å². The second-order valence-corrected chi connectivity index (χ2v) is 5.83. The molecule has 0 saturated heterocycles. The molecule has 0 aliphatic heterocycles. The number of hydrogen-bond donors (Lipinski definition) is 0. The summed E-state index contributed by atoms with van der Waals surface area (Å²) in [6.45, 7) is 7.31. The Bertz CT molecular complexity index is 666. The topological polar surface area (TPSA) is 37.6 Å². The van der Waals surface area contributed by atoms with E-state index in [4.69, 9.17) is 23.2 Å². The molecule has 0 aromatic carbocycles. The SMILES string of the molecule is CCCCN(CC)C(=O)c1c(C)nc2c(Cl)cc(Cl)cn12. The van der Waals surface area contributed by atoms with E-state index in [1.165, 1.54) is 0 Å². The Morgan fingerprint density at radius 1 is 1.38 bits per heavy atom. The first kappa shape index (κ1) is 16.1. The molecular formula is C15H19Cl2N3O. The van der Waals surface area contributed by atoms with E-state index >= 15 is 0 Å². The van der Waals surface area contributed by atoms with Crippen molar-refractivity contribution >= 4 is 34.8 Å². The number of fused-ring (bicyclic) bond motifs is 1. The van der Waals surface area contributed by atoms with Crippen LogP contribution in [0.3, 0.4) is 0 Å². The highest BCUT2D eigenvalue weighted by Gasteiger charge is 2.22. The van der Waals surface area contributed by atoms with Crippen molar-refractivity contribution in [2.24, 2.45) is 0 Å². The van der Waals surface area contributed by atoms with Crippen LogP contribution in [0, 0.1) is 6.92 Å². The number of carbonyl (C=O) groups is 1. The van der Waals surface area contributed by atoms with Crippen LogP contribution in [0.15, 0.2) is 12.3 Å². The lowest BCUT2D eigenvalue weighted by Gasteiger charge is -2.20. The minimum Gasteiger partial charge on any atom is -0.338 e. The van der Waals surface area contributed by atoms with Gasteiger partial charge in [0.2, 0.25) is 0 Å². The van der Waals surface area contributed by atoms with Gasteiger partial charge in [0.25, 0.3) is 5.91 Å². The molecule has 0 N–H and O–H groups in total. The number of imidazole rings is 1. The van der Waals surface area contributed by atoms with Crippen molar-refractivity contribution in [1.29, 1.82) is 0 Å². The van der Waals surface area contributed by atoms with Crippen molar-refractivity contribution in [3.8, 4) is 0 Å². The first-order chi connectivity index (χ1) is 9.99. The minimum atomic E-state index is -0.0331. The zero-order valence-electron chi connectivity index (χ0n) is 12.5. The quantitative estimate of drug-likeness (QED) is 0.824. The maximum absolute atomic E-state index is 12.8. The summed E-state index contributed by atoms with van der Waals surface area (Å²) in [6, 6.07) is 1.63. The minimum absolute atomic E-state index is 0.0331. The highest BCUT2D eigenvalue weighted by atomic mass is 35.5. The van der Waals surface area contributed by atoms with Crippen molar-refractivity contribution in [2.75, 3.05) is 13.1 Å². The van der Waals surface area contributed by atoms with Gasteiger partial charge in [0.1, 0.15) is 5.69 Å². The summed E-state index contributed by atoms with van der Waals surface area (Å²) in [5.74, 6) is -0.0331.